The minimum atomic E-state index is -0.665. The number of carbonyl (C=O) groups is 1. The molecule has 0 saturated carbocycles. The molecule has 0 aliphatic heterocycles. The summed E-state index contributed by atoms with van der Waals surface area (Å²) in [4.78, 5) is 20.3. The van der Waals surface area contributed by atoms with Crippen molar-refractivity contribution in [3.05, 3.63) is 64.7 Å². The Labute approximate surface area is 176 Å². The van der Waals surface area contributed by atoms with Gasteiger partial charge in [0, 0.05) is 11.1 Å². The van der Waals surface area contributed by atoms with E-state index in [2.05, 4.69) is 9.97 Å². The number of ether oxygens (including phenoxy) is 2. The Morgan fingerprint density at radius 2 is 1.80 bits per heavy atom. The summed E-state index contributed by atoms with van der Waals surface area (Å²) in [6.07, 6.45) is 0. The molecule has 30 heavy (non-hydrogen) atoms. The number of benzene rings is 2. The highest BCUT2D eigenvalue weighted by Crippen LogP contribution is 2.32. The highest BCUT2D eigenvalue weighted by atomic mass is 35.5. The molecule has 0 saturated heterocycles. The predicted molar refractivity (Wildman–Crippen MR) is 106 cm³/mol. The summed E-state index contributed by atoms with van der Waals surface area (Å²) < 4.78 is 37.6. The first kappa shape index (κ1) is 21.6. The lowest BCUT2D eigenvalue weighted by Gasteiger charge is -2.15. The first-order chi connectivity index (χ1) is 14.4. The van der Waals surface area contributed by atoms with E-state index < -0.39 is 30.8 Å². The molecular weight excluding hydrogens is 418 g/mol. The molecule has 156 valence electrons. The van der Waals surface area contributed by atoms with Crippen molar-refractivity contribution >= 4 is 17.6 Å². The molecule has 1 N–H and O–H groups in total. The minimum absolute atomic E-state index is 0.0664. The SMILES string of the molecule is CCOC(=O)COc1nc(-c2ccc(Cl)c(F)c2)nc(-c2ccc(F)cc2)c1CO. The smallest absolute Gasteiger partial charge is 0.344 e. The number of aliphatic hydroxyl groups excluding tert-OH is 1. The van der Waals surface area contributed by atoms with Crippen LogP contribution in [0.25, 0.3) is 22.6 Å². The van der Waals surface area contributed by atoms with E-state index in [1.54, 1.807) is 6.92 Å². The fourth-order valence-electron chi connectivity index (χ4n) is 2.67. The van der Waals surface area contributed by atoms with Gasteiger partial charge in [0.15, 0.2) is 12.4 Å². The second-order valence-electron chi connectivity index (χ2n) is 6.07. The van der Waals surface area contributed by atoms with Crippen LogP contribution in [0.2, 0.25) is 5.02 Å². The van der Waals surface area contributed by atoms with Crippen molar-refractivity contribution < 1.29 is 28.2 Å². The summed E-state index contributed by atoms with van der Waals surface area (Å²) in [5.74, 6) is -1.74. The number of rotatable bonds is 7. The molecule has 0 bridgehead atoms. The van der Waals surface area contributed by atoms with Gasteiger partial charge < -0.3 is 14.6 Å². The molecule has 9 heteroatoms. The van der Waals surface area contributed by atoms with Crippen LogP contribution in [-0.2, 0) is 16.1 Å². The standard InChI is InChI=1S/C21H17ClF2N2O4/c1-2-29-18(28)11-30-21-15(10-27)19(12-3-6-14(23)7-4-12)25-20(26-21)13-5-8-16(22)17(24)9-13/h3-9,27H,2,10-11H2,1H3. The number of carbonyl (C=O) groups excluding carboxylic acids is 1. The Morgan fingerprint density at radius 3 is 2.43 bits per heavy atom. The van der Waals surface area contributed by atoms with Gasteiger partial charge in [-0.25, -0.2) is 18.6 Å². The number of esters is 1. The van der Waals surface area contributed by atoms with Gasteiger partial charge >= 0.3 is 5.97 Å². The van der Waals surface area contributed by atoms with Crippen LogP contribution in [0.3, 0.4) is 0 Å². The molecule has 0 amide bonds. The third-order valence-corrected chi connectivity index (χ3v) is 4.36. The van der Waals surface area contributed by atoms with Crippen molar-refractivity contribution in [3.63, 3.8) is 0 Å². The third kappa shape index (κ3) is 4.90. The first-order valence-corrected chi connectivity index (χ1v) is 9.32. The van der Waals surface area contributed by atoms with Crippen molar-refractivity contribution in [2.75, 3.05) is 13.2 Å². The van der Waals surface area contributed by atoms with Gasteiger partial charge in [0.05, 0.1) is 29.5 Å². The van der Waals surface area contributed by atoms with Crippen molar-refractivity contribution in [1.82, 2.24) is 9.97 Å². The highest BCUT2D eigenvalue weighted by molar-refractivity contribution is 6.30. The normalized spacial score (nSPS) is 10.7. The third-order valence-electron chi connectivity index (χ3n) is 4.05. The van der Waals surface area contributed by atoms with Crippen LogP contribution in [0.1, 0.15) is 12.5 Å². The Kier molecular flexibility index (Phi) is 6.91. The van der Waals surface area contributed by atoms with E-state index in [-0.39, 0.29) is 34.6 Å². The van der Waals surface area contributed by atoms with E-state index in [0.29, 0.717) is 11.1 Å². The first-order valence-electron chi connectivity index (χ1n) is 8.94. The van der Waals surface area contributed by atoms with Crippen LogP contribution in [0.15, 0.2) is 42.5 Å². The van der Waals surface area contributed by atoms with Crippen molar-refractivity contribution in [3.8, 4) is 28.5 Å². The number of aromatic nitrogens is 2. The maximum absolute atomic E-state index is 14.0. The Hall–Kier alpha value is -3.10. The molecule has 0 fully saturated rings. The van der Waals surface area contributed by atoms with E-state index in [4.69, 9.17) is 21.1 Å². The summed E-state index contributed by atoms with van der Waals surface area (Å²) in [6, 6.07) is 9.43. The van der Waals surface area contributed by atoms with Crippen LogP contribution >= 0.6 is 11.6 Å². The number of halogens is 3. The lowest BCUT2D eigenvalue weighted by molar-refractivity contribution is -0.145. The number of nitrogens with zero attached hydrogens (tertiary/aromatic N) is 2. The van der Waals surface area contributed by atoms with Crippen molar-refractivity contribution in [1.29, 1.82) is 0 Å². The summed E-state index contributed by atoms with van der Waals surface area (Å²) in [7, 11) is 0. The van der Waals surface area contributed by atoms with Gasteiger partial charge in [-0.1, -0.05) is 11.6 Å². The van der Waals surface area contributed by atoms with E-state index in [0.717, 1.165) is 6.07 Å². The molecule has 2 aromatic carbocycles. The second-order valence-corrected chi connectivity index (χ2v) is 6.47. The summed E-state index contributed by atoms with van der Waals surface area (Å²) in [6.45, 7) is 0.867. The fraction of sp³-hybridized carbons (Fsp3) is 0.190. The Morgan fingerprint density at radius 1 is 1.10 bits per heavy atom. The number of hydrogen-bond acceptors (Lipinski definition) is 6. The van der Waals surface area contributed by atoms with Crippen molar-refractivity contribution in [2.45, 2.75) is 13.5 Å². The second kappa shape index (κ2) is 9.60. The minimum Gasteiger partial charge on any atom is -0.465 e. The predicted octanol–water partition coefficient (Wildman–Crippen LogP) is 4.18. The van der Waals surface area contributed by atoms with Crippen LogP contribution in [0.4, 0.5) is 8.78 Å². The van der Waals surface area contributed by atoms with Gasteiger partial charge in [0.25, 0.3) is 0 Å². The molecule has 0 unspecified atom stereocenters. The molecule has 3 aromatic rings. The molecule has 0 radical (unpaired) electrons. The molecule has 0 atom stereocenters. The molecule has 3 rings (SSSR count). The zero-order valence-corrected chi connectivity index (χ0v) is 16.6. The summed E-state index contributed by atoms with van der Waals surface area (Å²) >= 11 is 5.74. The largest absolute Gasteiger partial charge is 0.465 e. The topological polar surface area (TPSA) is 81.5 Å². The van der Waals surface area contributed by atoms with E-state index >= 15 is 0 Å². The Balaban J connectivity index is 2.13. The van der Waals surface area contributed by atoms with E-state index in [1.165, 1.54) is 36.4 Å². The monoisotopic (exact) mass is 434 g/mol. The van der Waals surface area contributed by atoms with E-state index in [9.17, 15) is 18.7 Å². The van der Waals surface area contributed by atoms with Gasteiger partial charge in [-0.05, 0) is 49.4 Å². The van der Waals surface area contributed by atoms with Crippen molar-refractivity contribution in [2.24, 2.45) is 0 Å². The highest BCUT2D eigenvalue weighted by Gasteiger charge is 2.19. The fourth-order valence-corrected chi connectivity index (χ4v) is 2.78. The van der Waals surface area contributed by atoms with Crippen LogP contribution in [0.5, 0.6) is 5.88 Å². The maximum Gasteiger partial charge on any atom is 0.344 e. The molecule has 0 spiro atoms. The van der Waals surface area contributed by atoms with Gasteiger partial charge in [0.1, 0.15) is 11.6 Å². The summed E-state index contributed by atoms with van der Waals surface area (Å²) in [5.41, 5.74) is 1.20. The maximum atomic E-state index is 14.0. The Bertz CT molecular complexity index is 1060. The van der Waals surface area contributed by atoms with Gasteiger partial charge in [0.2, 0.25) is 5.88 Å². The molecule has 0 aliphatic carbocycles. The number of aliphatic hydroxyl groups is 1. The van der Waals surface area contributed by atoms with Gasteiger partial charge in [-0.2, -0.15) is 4.98 Å². The summed E-state index contributed by atoms with van der Waals surface area (Å²) in [5, 5.41) is 9.83. The average molecular weight is 435 g/mol. The van der Waals surface area contributed by atoms with E-state index in [1.807, 2.05) is 0 Å². The van der Waals surface area contributed by atoms with Gasteiger partial charge in [-0.15, -0.1) is 0 Å². The number of hydrogen-bond donors (Lipinski definition) is 1. The average Bonchev–Trinajstić information content (AvgIpc) is 2.74. The van der Waals surface area contributed by atoms with Crippen LogP contribution < -0.4 is 4.74 Å². The zero-order chi connectivity index (χ0) is 21.7. The zero-order valence-electron chi connectivity index (χ0n) is 15.9. The van der Waals surface area contributed by atoms with Gasteiger partial charge in [-0.3, -0.25) is 0 Å². The lowest BCUT2D eigenvalue weighted by atomic mass is 10.1. The molecule has 0 aliphatic rings. The van der Waals surface area contributed by atoms with Crippen LogP contribution in [-0.4, -0.2) is 34.3 Å². The molecular formula is C21H17ClF2N2O4. The molecule has 6 nitrogen and oxygen atoms in total. The van der Waals surface area contributed by atoms with Crippen LogP contribution in [0, 0.1) is 11.6 Å². The molecule has 1 heterocycles. The molecule has 1 aromatic heterocycles. The quantitative estimate of drug-likeness (QED) is 0.562. The lowest BCUT2D eigenvalue weighted by Crippen LogP contribution is -2.16.